The first kappa shape index (κ1) is 25.3. The summed E-state index contributed by atoms with van der Waals surface area (Å²) in [7, 11) is 0. The van der Waals surface area contributed by atoms with E-state index >= 15 is 0 Å². The van der Waals surface area contributed by atoms with E-state index < -0.39 is 30.0 Å². The third-order valence-corrected chi connectivity index (χ3v) is 5.52. The number of nitrogens with zero attached hydrogens (tertiary/aromatic N) is 2. The monoisotopic (exact) mass is 471 g/mol. The van der Waals surface area contributed by atoms with Crippen LogP contribution in [-0.2, 0) is 35.1 Å². The number of benzene rings is 1. The number of carbonyl (C=O) groups is 4. The highest BCUT2D eigenvalue weighted by Gasteiger charge is 2.37. The largest absolute Gasteiger partial charge is 0.379 e. The Kier molecular flexibility index (Phi) is 9.09. The van der Waals surface area contributed by atoms with Crippen molar-refractivity contribution in [1.29, 1.82) is 5.26 Å². The number of ether oxygens (including phenoxy) is 2. The van der Waals surface area contributed by atoms with Crippen LogP contribution in [0.2, 0.25) is 0 Å². The van der Waals surface area contributed by atoms with Crippen LogP contribution < -0.4 is 16.0 Å². The fraction of sp³-hybridized carbons (Fsp3) is 0.522. The number of hydrogen-bond donors (Lipinski definition) is 3. The predicted molar refractivity (Wildman–Crippen MR) is 119 cm³/mol. The number of hydrogen-bond acceptors (Lipinski definition) is 8. The molecule has 2 heterocycles. The van der Waals surface area contributed by atoms with Crippen molar-refractivity contribution in [2.45, 2.75) is 31.5 Å². The number of rotatable bonds is 11. The first-order valence-corrected chi connectivity index (χ1v) is 11.2. The minimum atomic E-state index is -0.824. The number of nitrogens with one attached hydrogen (secondary N) is 3. The van der Waals surface area contributed by atoms with Gasteiger partial charge in [0.05, 0.1) is 50.6 Å². The summed E-state index contributed by atoms with van der Waals surface area (Å²) >= 11 is 0. The van der Waals surface area contributed by atoms with Crippen molar-refractivity contribution in [2.75, 3.05) is 46.0 Å². The lowest BCUT2D eigenvalue weighted by molar-refractivity contribution is -0.131. The van der Waals surface area contributed by atoms with Gasteiger partial charge in [-0.15, -0.1) is 0 Å². The van der Waals surface area contributed by atoms with Gasteiger partial charge in [-0.05, 0) is 31.0 Å². The molecule has 0 bridgehead atoms. The Bertz CT molecular complexity index is 934. The zero-order chi connectivity index (χ0) is 24.5. The highest BCUT2D eigenvalue weighted by atomic mass is 16.6. The Morgan fingerprint density at radius 2 is 1.79 bits per heavy atom. The van der Waals surface area contributed by atoms with Gasteiger partial charge < -0.3 is 25.4 Å². The highest BCUT2D eigenvalue weighted by Crippen LogP contribution is 2.15. The highest BCUT2D eigenvalue weighted by molar-refractivity contribution is 5.95. The van der Waals surface area contributed by atoms with Gasteiger partial charge in [-0.1, -0.05) is 12.1 Å². The first-order chi connectivity index (χ1) is 16.4. The molecule has 0 aromatic heterocycles. The number of morpholine rings is 1. The summed E-state index contributed by atoms with van der Waals surface area (Å²) in [6.07, 6.45) is -0.307. The number of ketones is 1. The van der Waals surface area contributed by atoms with Crippen LogP contribution >= 0.6 is 0 Å². The minimum absolute atomic E-state index is 0.170. The van der Waals surface area contributed by atoms with Gasteiger partial charge in [-0.3, -0.25) is 24.1 Å². The average Bonchev–Trinajstić information content (AvgIpc) is 3.68. The molecule has 1 aromatic rings. The van der Waals surface area contributed by atoms with Crippen LogP contribution in [0.5, 0.6) is 0 Å². The third kappa shape index (κ3) is 7.91. The van der Waals surface area contributed by atoms with Crippen molar-refractivity contribution in [3.63, 3.8) is 0 Å². The number of carbonyl (C=O) groups excluding carboxylic acids is 4. The van der Waals surface area contributed by atoms with Crippen molar-refractivity contribution >= 4 is 23.5 Å². The van der Waals surface area contributed by atoms with Crippen LogP contribution in [0.15, 0.2) is 24.3 Å². The van der Waals surface area contributed by atoms with Crippen LogP contribution in [0.3, 0.4) is 0 Å². The van der Waals surface area contributed by atoms with Gasteiger partial charge in [-0.2, -0.15) is 5.26 Å². The molecule has 0 aliphatic carbocycles. The minimum Gasteiger partial charge on any atom is -0.379 e. The molecule has 3 rings (SSSR count). The zero-order valence-corrected chi connectivity index (χ0v) is 19.0. The molecule has 2 saturated heterocycles. The number of epoxide rings is 1. The topological polar surface area (TPSA) is 153 Å². The Morgan fingerprint density at radius 1 is 1.12 bits per heavy atom. The molecule has 0 spiro atoms. The molecule has 3 unspecified atom stereocenters. The van der Waals surface area contributed by atoms with E-state index in [0.29, 0.717) is 38.5 Å². The fourth-order valence-corrected chi connectivity index (χ4v) is 3.49. The second-order valence-electron chi connectivity index (χ2n) is 8.25. The molecule has 0 radical (unpaired) electrons. The SMILES string of the molecule is CC(NC(=O)CN1CCOCC1)C(=O)NCC(=O)NC(Cc1ccc(C#N)cc1)C(=O)C1CO1. The molecular formula is C23H29N5O6. The maximum atomic E-state index is 12.6. The van der Waals surface area contributed by atoms with Crippen LogP contribution in [0.1, 0.15) is 18.1 Å². The third-order valence-electron chi connectivity index (χ3n) is 5.52. The standard InChI is InChI=1S/C23H29N5O6/c1-15(26-21(30)13-28-6-8-33-9-7-28)23(32)25-12-20(29)27-18(22(31)19-14-34-19)10-16-2-4-17(11-24)5-3-16/h2-5,15,18-19H,6-10,12-14H2,1H3,(H,25,32)(H,26,30)(H,27,29). The molecule has 34 heavy (non-hydrogen) atoms. The van der Waals surface area contributed by atoms with E-state index in [-0.39, 0.29) is 31.2 Å². The molecule has 182 valence electrons. The van der Waals surface area contributed by atoms with Crippen LogP contribution in [0.4, 0.5) is 0 Å². The summed E-state index contributed by atoms with van der Waals surface area (Å²) in [5, 5.41) is 16.7. The van der Waals surface area contributed by atoms with Crippen molar-refractivity contribution < 1.29 is 28.7 Å². The fourth-order valence-electron chi connectivity index (χ4n) is 3.49. The summed E-state index contributed by atoms with van der Waals surface area (Å²) in [6.45, 7) is 4.13. The predicted octanol–water partition coefficient (Wildman–Crippen LogP) is -1.49. The van der Waals surface area contributed by atoms with Crippen LogP contribution in [-0.4, -0.2) is 92.6 Å². The molecule has 2 aliphatic rings. The van der Waals surface area contributed by atoms with E-state index in [0.717, 1.165) is 5.56 Å². The molecule has 3 N–H and O–H groups in total. The van der Waals surface area contributed by atoms with E-state index in [1.54, 1.807) is 24.3 Å². The molecule has 2 aliphatic heterocycles. The Balaban J connectivity index is 1.45. The lowest BCUT2D eigenvalue weighted by Crippen LogP contribution is -2.52. The Labute approximate surface area is 197 Å². The molecule has 11 heteroatoms. The summed E-state index contributed by atoms with van der Waals surface area (Å²) in [5.74, 6) is -1.57. The number of nitriles is 1. The molecule has 3 amide bonds. The van der Waals surface area contributed by atoms with Crippen molar-refractivity contribution in [3.8, 4) is 6.07 Å². The van der Waals surface area contributed by atoms with Crippen molar-refractivity contribution in [3.05, 3.63) is 35.4 Å². The lowest BCUT2D eigenvalue weighted by Gasteiger charge is -2.26. The molecule has 11 nitrogen and oxygen atoms in total. The summed E-state index contributed by atoms with van der Waals surface area (Å²) in [5.41, 5.74) is 1.27. The normalized spacial score (nSPS) is 19.2. The van der Waals surface area contributed by atoms with E-state index in [2.05, 4.69) is 16.0 Å². The van der Waals surface area contributed by atoms with Crippen molar-refractivity contribution in [1.82, 2.24) is 20.9 Å². The zero-order valence-electron chi connectivity index (χ0n) is 19.0. The summed E-state index contributed by atoms with van der Waals surface area (Å²) < 4.78 is 10.3. The van der Waals surface area contributed by atoms with Crippen LogP contribution in [0, 0.1) is 11.3 Å². The smallest absolute Gasteiger partial charge is 0.242 e. The molecule has 3 atom stereocenters. The van der Waals surface area contributed by atoms with E-state index in [9.17, 15) is 19.2 Å². The quantitative estimate of drug-likeness (QED) is 0.330. The van der Waals surface area contributed by atoms with E-state index in [4.69, 9.17) is 14.7 Å². The molecule has 1 aromatic carbocycles. The number of amides is 3. The van der Waals surface area contributed by atoms with Crippen LogP contribution in [0.25, 0.3) is 0 Å². The molecule has 2 fully saturated rings. The van der Waals surface area contributed by atoms with Gasteiger partial charge in [0.2, 0.25) is 17.7 Å². The van der Waals surface area contributed by atoms with Gasteiger partial charge in [0.1, 0.15) is 12.1 Å². The Hall–Kier alpha value is -3.33. The van der Waals surface area contributed by atoms with Crippen molar-refractivity contribution in [2.24, 2.45) is 0 Å². The van der Waals surface area contributed by atoms with E-state index in [1.807, 2.05) is 11.0 Å². The first-order valence-electron chi connectivity index (χ1n) is 11.2. The Morgan fingerprint density at radius 3 is 2.41 bits per heavy atom. The molecule has 0 saturated carbocycles. The molecular weight excluding hydrogens is 442 g/mol. The van der Waals surface area contributed by atoms with E-state index in [1.165, 1.54) is 6.92 Å². The average molecular weight is 472 g/mol. The second kappa shape index (κ2) is 12.2. The van der Waals surface area contributed by atoms with Gasteiger partial charge in [0, 0.05) is 13.1 Å². The summed E-state index contributed by atoms with van der Waals surface area (Å²) in [4.78, 5) is 51.4. The van der Waals surface area contributed by atoms with Gasteiger partial charge in [-0.25, -0.2) is 0 Å². The second-order valence-corrected chi connectivity index (χ2v) is 8.25. The maximum absolute atomic E-state index is 12.6. The van der Waals surface area contributed by atoms with Gasteiger partial charge in [0.15, 0.2) is 5.78 Å². The maximum Gasteiger partial charge on any atom is 0.242 e. The lowest BCUT2D eigenvalue weighted by atomic mass is 10.00. The van der Waals surface area contributed by atoms with Gasteiger partial charge >= 0.3 is 0 Å². The summed E-state index contributed by atoms with van der Waals surface area (Å²) in [6, 6.07) is 7.11. The van der Waals surface area contributed by atoms with Gasteiger partial charge in [0.25, 0.3) is 0 Å². The number of Topliss-reactive ketones (excluding diaryl/α,β-unsaturated/α-hetero) is 1.